The number of hydrogen-bond acceptors (Lipinski definition) is 4. The molecule has 2 N–H and O–H groups in total. The van der Waals surface area contributed by atoms with Crippen molar-refractivity contribution in [1.29, 1.82) is 0 Å². The fraction of sp³-hybridized carbons (Fsp3) is 0.294. The molecular formula is C17H21NO3. The number of ether oxygens (including phenoxy) is 2. The maximum atomic E-state index is 9.96. The molecule has 0 saturated heterocycles. The van der Waals surface area contributed by atoms with Crippen LogP contribution in [0.2, 0.25) is 0 Å². The van der Waals surface area contributed by atoms with E-state index in [1.165, 1.54) is 0 Å². The van der Waals surface area contributed by atoms with Crippen LogP contribution in [-0.2, 0) is 6.54 Å². The van der Waals surface area contributed by atoms with Crippen LogP contribution in [0.4, 0.5) is 5.69 Å². The molecule has 112 valence electrons. The van der Waals surface area contributed by atoms with Crippen molar-refractivity contribution in [3.63, 3.8) is 0 Å². The SMILES string of the molecule is COc1ccc(CNc2ccc(C)c(O)c2C)cc1OC. The molecule has 0 aliphatic carbocycles. The molecule has 0 atom stereocenters. The standard InChI is InChI=1S/C17H21NO3/c1-11-5-7-14(12(2)17(11)19)18-10-13-6-8-15(20-3)16(9-13)21-4/h5-9,18-19H,10H2,1-4H3. The van der Waals surface area contributed by atoms with Gasteiger partial charge in [-0.05, 0) is 43.2 Å². The monoisotopic (exact) mass is 287 g/mol. The first-order chi connectivity index (χ1) is 10.1. The van der Waals surface area contributed by atoms with Gasteiger partial charge in [0.25, 0.3) is 0 Å². The van der Waals surface area contributed by atoms with Crippen LogP contribution in [0.5, 0.6) is 17.2 Å². The van der Waals surface area contributed by atoms with Gasteiger partial charge in [-0.1, -0.05) is 12.1 Å². The zero-order chi connectivity index (χ0) is 15.4. The number of benzene rings is 2. The van der Waals surface area contributed by atoms with Crippen molar-refractivity contribution in [2.75, 3.05) is 19.5 Å². The average Bonchev–Trinajstić information content (AvgIpc) is 2.51. The minimum Gasteiger partial charge on any atom is -0.507 e. The van der Waals surface area contributed by atoms with Gasteiger partial charge in [-0.25, -0.2) is 0 Å². The van der Waals surface area contributed by atoms with Gasteiger partial charge in [0, 0.05) is 17.8 Å². The molecule has 2 aromatic rings. The molecule has 0 bridgehead atoms. The van der Waals surface area contributed by atoms with Crippen molar-refractivity contribution in [2.24, 2.45) is 0 Å². The van der Waals surface area contributed by atoms with E-state index in [9.17, 15) is 5.11 Å². The third-order valence-corrected chi connectivity index (χ3v) is 3.56. The second-order valence-corrected chi connectivity index (χ2v) is 4.95. The Kier molecular flexibility index (Phi) is 4.58. The first-order valence-corrected chi connectivity index (χ1v) is 6.80. The molecule has 0 saturated carbocycles. The molecule has 0 heterocycles. The summed E-state index contributed by atoms with van der Waals surface area (Å²) >= 11 is 0. The van der Waals surface area contributed by atoms with Crippen LogP contribution >= 0.6 is 0 Å². The Morgan fingerprint density at radius 3 is 2.38 bits per heavy atom. The van der Waals surface area contributed by atoms with Gasteiger partial charge in [0.05, 0.1) is 14.2 Å². The molecule has 0 unspecified atom stereocenters. The number of anilines is 1. The number of aryl methyl sites for hydroxylation is 1. The lowest BCUT2D eigenvalue weighted by atomic mass is 10.1. The van der Waals surface area contributed by atoms with Crippen LogP contribution in [0.3, 0.4) is 0 Å². The summed E-state index contributed by atoms with van der Waals surface area (Å²) in [6, 6.07) is 9.69. The van der Waals surface area contributed by atoms with Gasteiger partial charge in [0.1, 0.15) is 5.75 Å². The summed E-state index contributed by atoms with van der Waals surface area (Å²) in [7, 11) is 3.24. The summed E-state index contributed by atoms with van der Waals surface area (Å²) in [6.07, 6.45) is 0. The maximum absolute atomic E-state index is 9.96. The Labute approximate surface area is 125 Å². The average molecular weight is 287 g/mol. The van der Waals surface area contributed by atoms with E-state index in [0.29, 0.717) is 23.8 Å². The van der Waals surface area contributed by atoms with Gasteiger partial charge >= 0.3 is 0 Å². The smallest absolute Gasteiger partial charge is 0.161 e. The third kappa shape index (κ3) is 3.21. The predicted octanol–water partition coefficient (Wildman–Crippen LogP) is 3.64. The highest BCUT2D eigenvalue weighted by atomic mass is 16.5. The molecule has 4 heteroatoms. The Balaban J connectivity index is 2.15. The molecule has 0 radical (unpaired) electrons. The minimum absolute atomic E-state index is 0.340. The summed E-state index contributed by atoms with van der Waals surface area (Å²) < 4.78 is 10.5. The highest BCUT2D eigenvalue weighted by Gasteiger charge is 2.07. The Morgan fingerprint density at radius 2 is 1.71 bits per heavy atom. The Hall–Kier alpha value is -2.36. The van der Waals surface area contributed by atoms with Gasteiger partial charge in [0.2, 0.25) is 0 Å². The van der Waals surface area contributed by atoms with Crippen LogP contribution in [-0.4, -0.2) is 19.3 Å². The second-order valence-electron chi connectivity index (χ2n) is 4.95. The first-order valence-electron chi connectivity index (χ1n) is 6.80. The molecule has 0 spiro atoms. The van der Waals surface area contributed by atoms with Crippen molar-refractivity contribution >= 4 is 5.69 Å². The Bertz CT molecular complexity index is 638. The number of rotatable bonds is 5. The van der Waals surface area contributed by atoms with Gasteiger partial charge in [0.15, 0.2) is 11.5 Å². The molecule has 21 heavy (non-hydrogen) atoms. The van der Waals surface area contributed by atoms with Gasteiger partial charge in [-0.15, -0.1) is 0 Å². The van der Waals surface area contributed by atoms with E-state index in [-0.39, 0.29) is 0 Å². The van der Waals surface area contributed by atoms with E-state index < -0.39 is 0 Å². The zero-order valence-electron chi connectivity index (χ0n) is 12.9. The van der Waals surface area contributed by atoms with E-state index >= 15 is 0 Å². The topological polar surface area (TPSA) is 50.7 Å². The largest absolute Gasteiger partial charge is 0.507 e. The van der Waals surface area contributed by atoms with Crippen LogP contribution < -0.4 is 14.8 Å². The summed E-state index contributed by atoms with van der Waals surface area (Å²) in [5.74, 6) is 1.76. The normalized spacial score (nSPS) is 10.3. The van der Waals surface area contributed by atoms with E-state index in [1.54, 1.807) is 14.2 Å². The highest BCUT2D eigenvalue weighted by molar-refractivity contribution is 5.59. The van der Waals surface area contributed by atoms with Crippen LogP contribution in [0.25, 0.3) is 0 Å². The third-order valence-electron chi connectivity index (χ3n) is 3.56. The quantitative estimate of drug-likeness (QED) is 0.881. The predicted molar refractivity (Wildman–Crippen MR) is 84.5 cm³/mol. The summed E-state index contributed by atoms with van der Waals surface area (Å²) in [5.41, 5.74) is 3.74. The molecule has 2 aromatic carbocycles. The molecule has 2 rings (SSSR count). The fourth-order valence-corrected chi connectivity index (χ4v) is 2.21. The molecule has 0 aliphatic rings. The van der Waals surface area contributed by atoms with Crippen LogP contribution in [0.15, 0.2) is 30.3 Å². The lowest BCUT2D eigenvalue weighted by Crippen LogP contribution is -2.02. The number of phenolic OH excluding ortho intramolecular Hbond substituents is 1. The Morgan fingerprint density at radius 1 is 1.00 bits per heavy atom. The molecule has 4 nitrogen and oxygen atoms in total. The lowest BCUT2D eigenvalue weighted by Gasteiger charge is -2.14. The van der Waals surface area contributed by atoms with Gasteiger partial charge < -0.3 is 19.9 Å². The van der Waals surface area contributed by atoms with Crippen LogP contribution in [0.1, 0.15) is 16.7 Å². The summed E-state index contributed by atoms with van der Waals surface area (Å²) in [6.45, 7) is 4.43. The minimum atomic E-state index is 0.340. The second kappa shape index (κ2) is 6.39. The van der Waals surface area contributed by atoms with Crippen molar-refractivity contribution < 1.29 is 14.6 Å². The van der Waals surface area contributed by atoms with Crippen LogP contribution in [0, 0.1) is 13.8 Å². The van der Waals surface area contributed by atoms with Gasteiger partial charge in [-0.2, -0.15) is 0 Å². The molecule has 0 aliphatic heterocycles. The van der Waals surface area contributed by atoms with E-state index in [0.717, 1.165) is 22.4 Å². The maximum Gasteiger partial charge on any atom is 0.161 e. The lowest BCUT2D eigenvalue weighted by molar-refractivity contribution is 0.354. The van der Waals surface area contributed by atoms with Crippen molar-refractivity contribution in [2.45, 2.75) is 20.4 Å². The van der Waals surface area contributed by atoms with E-state index in [4.69, 9.17) is 9.47 Å². The van der Waals surface area contributed by atoms with Crippen molar-refractivity contribution in [3.8, 4) is 17.2 Å². The first kappa shape index (κ1) is 15.0. The summed E-state index contributed by atoms with van der Waals surface area (Å²) in [5, 5.41) is 13.3. The number of phenols is 1. The molecular weight excluding hydrogens is 266 g/mol. The zero-order valence-corrected chi connectivity index (χ0v) is 12.9. The number of nitrogens with one attached hydrogen (secondary N) is 1. The van der Waals surface area contributed by atoms with Crippen molar-refractivity contribution in [1.82, 2.24) is 0 Å². The molecule has 0 fully saturated rings. The number of methoxy groups -OCH3 is 2. The van der Waals surface area contributed by atoms with E-state index in [2.05, 4.69) is 5.32 Å². The fourth-order valence-electron chi connectivity index (χ4n) is 2.21. The summed E-state index contributed by atoms with van der Waals surface area (Å²) in [4.78, 5) is 0. The number of aromatic hydroxyl groups is 1. The molecule has 0 aromatic heterocycles. The highest BCUT2D eigenvalue weighted by Crippen LogP contribution is 2.30. The van der Waals surface area contributed by atoms with Crippen molar-refractivity contribution in [3.05, 3.63) is 47.0 Å². The molecule has 0 amide bonds. The van der Waals surface area contributed by atoms with E-state index in [1.807, 2.05) is 44.2 Å². The number of hydrogen-bond donors (Lipinski definition) is 2. The van der Waals surface area contributed by atoms with Gasteiger partial charge in [-0.3, -0.25) is 0 Å².